The van der Waals surface area contributed by atoms with Crippen molar-refractivity contribution in [2.45, 2.75) is 13.5 Å². The summed E-state index contributed by atoms with van der Waals surface area (Å²) >= 11 is 0. The third-order valence-corrected chi connectivity index (χ3v) is 4.57. The van der Waals surface area contributed by atoms with Crippen molar-refractivity contribution in [2.75, 3.05) is 0 Å². The highest BCUT2D eigenvalue weighted by Gasteiger charge is 2.14. The maximum Gasteiger partial charge on any atom is 0.204 e. The predicted octanol–water partition coefficient (Wildman–Crippen LogP) is 5.18. The van der Waals surface area contributed by atoms with Gasteiger partial charge in [-0.2, -0.15) is 0 Å². The summed E-state index contributed by atoms with van der Waals surface area (Å²) in [7, 11) is 0. The fourth-order valence-electron chi connectivity index (χ4n) is 3.10. The normalized spacial score (nSPS) is 11.0. The third-order valence-electron chi connectivity index (χ3n) is 4.57. The number of para-hydroxylation sites is 1. The smallest absolute Gasteiger partial charge is 0.204 e. The van der Waals surface area contributed by atoms with E-state index in [0.717, 1.165) is 16.7 Å². The van der Waals surface area contributed by atoms with Gasteiger partial charge in [-0.15, -0.1) is 0 Å². The first kappa shape index (κ1) is 16.9. The molecule has 4 rings (SSSR count). The Kier molecular flexibility index (Phi) is 4.16. The van der Waals surface area contributed by atoms with Gasteiger partial charge in [-0.1, -0.05) is 49.1 Å². The molecule has 0 fully saturated rings. The number of phenols is 1. The van der Waals surface area contributed by atoms with Gasteiger partial charge in [0.05, 0.1) is 5.39 Å². The summed E-state index contributed by atoms with van der Waals surface area (Å²) in [6.07, 6.45) is 1.78. The molecule has 0 bridgehead atoms. The zero-order valence-corrected chi connectivity index (χ0v) is 14.9. The van der Waals surface area contributed by atoms with Gasteiger partial charge in [-0.25, -0.2) is 0 Å². The second kappa shape index (κ2) is 6.65. The van der Waals surface area contributed by atoms with Gasteiger partial charge in [0.1, 0.15) is 34.7 Å². The Morgan fingerprint density at radius 3 is 2.67 bits per heavy atom. The fraction of sp³-hybridized carbons (Fsp3) is 0.0870. The summed E-state index contributed by atoms with van der Waals surface area (Å²) in [6, 6.07) is 16.3. The number of phenolic OH excluding ortho intramolecular Hbond substituents is 1. The quantitative estimate of drug-likeness (QED) is 0.511. The monoisotopic (exact) mass is 358 g/mol. The SMILES string of the molecule is C=Cc1ccc(COc2cc(O)c3c(=O)c4cccc(C)c4oc3c2)cc1. The van der Waals surface area contributed by atoms with Crippen LogP contribution in [0.25, 0.3) is 28.0 Å². The van der Waals surface area contributed by atoms with Crippen molar-refractivity contribution in [3.63, 3.8) is 0 Å². The highest BCUT2D eigenvalue weighted by molar-refractivity contribution is 5.94. The summed E-state index contributed by atoms with van der Waals surface area (Å²) in [5, 5.41) is 11.0. The maximum atomic E-state index is 12.7. The number of fused-ring (bicyclic) bond motifs is 2. The number of rotatable bonds is 4. The van der Waals surface area contributed by atoms with Crippen molar-refractivity contribution in [1.82, 2.24) is 0 Å². The van der Waals surface area contributed by atoms with Crippen LogP contribution >= 0.6 is 0 Å². The Balaban J connectivity index is 1.74. The first-order valence-corrected chi connectivity index (χ1v) is 8.60. The minimum Gasteiger partial charge on any atom is -0.507 e. The standard InChI is InChI=1S/C23H18O4/c1-3-15-7-9-16(10-8-15)13-26-17-11-19(24)21-20(12-17)27-23-14(2)5-4-6-18(23)22(21)25/h3-12,24H,1,13H2,2H3. The van der Waals surface area contributed by atoms with E-state index in [2.05, 4.69) is 6.58 Å². The van der Waals surface area contributed by atoms with Crippen LogP contribution in [0.5, 0.6) is 11.5 Å². The van der Waals surface area contributed by atoms with Crippen LogP contribution in [-0.2, 0) is 6.61 Å². The minimum absolute atomic E-state index is 0.151. The van der Waals surface area contributed by atoms with E-state index in [9.17, 15) is 9.90 Å². The molecular weight excluding hydrogens is 340 g/mol. The Hall–Kier alpha value is -3.53. The van der Waals surface area contributed by atoms with E-state index in [1.54, 1.807) is 24.3 Å². The Morgan fingerprint density at radius 1 is 1.15 bits per heavy atom. The summed E-state index contributed by atoms with van der Waals surface area (Å²) in [4.78, 5) is 12.7. The molecule has 0 saturated heterocycles. The average molecular weight is 358 g/mol. The van der Waals surface area contributed by atoms with Crippen molar-refractivity contribution in [1.29, 1.82) is 0 Å². The van der Waals surface area contributed by atoms with Gasteiger partial charge in [0.25, 0.3) is 0 Å². The van der Waals surface area contributed by atoms with E-state index in [4.69, 9.17) is 9.15 Å². The van der Waals surface area contributed by atoms with Crippen LogP contribution in [0, 0.1) is 6.92 Å². The highest BCUT2D eigenvalue weighted by Crippen LogP contribution is 2.31. The highest BCUT2D eigenvalue weighted by atomic mass is 16.5. The lowest BCUT2D eigenvalue weighted by Crippen LogP contribution is -2.04. The molecule has 134 valence electrons. The molecule has 0 saturated carbocycles. The van der Waals surface area contributed by atoms with Crippen molar-refractivity contribution < 1.29 is 14.3 Å². The number of aromatic hydroxyl groups is 1. The van der Waals surface area contributed by atoms with Crippen LogP contribution in [0.2, 0.25) is 0 Å². The molecule has 0 spiro atoms. The van der Waals surface area contributed by atoms with E-state index < -0.39 is 0 Å². The molecule has 4 heteroatoms. The molecule has 0 radical (unpaired) electrons. The van der Waals surface area contributed by atoms with Crippen molar-refractivity contribution in [2.24, 2.45) is 0 Å². The molecule has 0 aliphatic carbocycles. The third kappa shape index (κ3) is 3.06. The number of benzene rings is 3. The minimum atomic E-state index is -0.251. The summed E-state index contributed by atoms with van der Waals surface area (Å²) in [5.74, 6) is 0.283. The molecule has 1 N–H and O–H groups in total. The van der Waals surface area contributed by atoms with Gasteiger partial charge in [0, 0.05) is 12.1 Å². The number of aryl methyl sites for hydroxylation is 1. The first-order valence-electron chi connectivity index (χ1n) is 8.60. The first-order chi connectivity index (χ1) is 13.1. The van der Waals surface area contributed by atoms with E-state index in [0.29, 0.717) is 28.9 Å². The maximum absolute atomic E-state index is 12.7. The van der Waals surface area contributed by atoms with Crippen LogP contribution in [0.15, 0.2) is 70.4 Å². The van der Waals surface area contributed by atoms with Crippen LogP contribution in [0.4, 0.5) is 0 Å². The molecule has 0 aliphatic heterocycles. The second-order valence-corrected chi connectivity index (χ2v) is 6.43. The van der Waals surface area contributed by atoms with E-state index >= 15 is 0 Å². The van der Waals surface area contributed by atoms with Crippen molar-refractivity contribution >= 4 is 28.0 Å². The van der Waals surface area contributed by atoms with Gasteiger partial charge in [0.15, 0.2) is 0 Å². The van der Waals surface area contributed by atoms with Crippen LogP contribution in [0.3, 0.4) is 0 Å². The van der Waals surface area contributed by atoms with Crippen LogP contribution < -0.4 is 10.2 Å². The molecule has 4 aromatic rings. The van der Waals surface area contributed by atoms with E-state index in [1.807, 2.05) is 37.3 Å². The number of hydrogen-bond acceptors (Lipinski definition) is 4. The molecule has 0 unspecified atom stereocenters. The molecule has 1 aromatic heterocycles. The summed E-state index contributed by atoms with van der Waals surface area (Å²) < 4.78 is 11.7. The molecule has 27 heavy (non-hydrogen) atoms. The lowest BCUT2D eigenvalue weighted by molar-refractivity contribution is 0.304. The van der Waals surface area contributed by atoms with Crippen LogP contribution in [-0.4, -0.2) is 5.11 Å². The van der Waals surface area contributed by atoms with Crippen molar-refractivity contribution in [3.8, 4) is 11.5 Å². The van der Waals surface area contributed by atoms with Gasteiger partial charge in [-0.3, -0.25) is 4.79 Å². The van der Waals surface area contributed by atoms with Gasteiger partial charge in [0.2, 0.25) is 5.43 Å². The molecule has 0 aliphatic rings. The number of hydrogen-bond donors (Lipinski definition) is 1. The lowest BCUT2D eigenvalue weighted by atomic mass is 10.1. The van der Waals surface area contributed by atoms with E-state index in [1.165, 1.54) is 6.07 Å². The fourth-order valence-corrected chi connectivity index (χ4v) is 3.10. The largest absolute Gasteiger partial charge is 0.507 e. The molecule has 0 amide bonds. The number of ether oxygens (including phenoxy) is 1. The Morgan fingerprint density at radius 2 is 1.93 bits per heavy atom. The topological polar surface area (TPSA) is 59.7 Å². The van der Waals surface area contributed by atoms with Gasteiger partial charge in [-0.05, 0) is 29.7 Å². The lowest BCUT2D eigenvalue weighted by Gasteiger charge is -2.10. The Bertz CT molecular complexity index is 1220. The van der Waals surface area contributed by atoms with Gasteiger partial charge >= 0.3 is 0 Å². The summed E-state index contributed by atoms with van der Waals surface area (Å²) in [5.41, 5.74) is 3.45. The summed E-state index contributed by atoms with van der Waals surface area (Å²) in [6.45, 7) is 5.94. The zero-order chi connectivity index (χ0) is 19.0. The molecule has 1 heterocycles. The zero-order valence-electron chi connectivity index (χ0n) is 14.9. The van der Waals surface area contributed by atoms with Crippen molar-refractivity contribution in [3.05, 3.63) is 88.1 Å². The molecule has 0 atom stereocenters. The van der Waals surface area contributed by atoms with Gasteiger partial charge < -0.3 is 14.3 Å². The average Bonchev–Trinajstić information content (AvgIpc) is 2.67. The van der Waals surface area contributed by atoms with Crippen LogP contribution in [0.1, 0.15) is 16.7 Å². The molecule has 3 aromatic carbocycles. The second-order valence-electron chi connectivity index (χ2n) is 6.43. The molecule has 4 nitrogen and oxygen atoms in total. The molecular formula is C23H18O4. The Labute approximate surface area is 155 Å². The van der Waals surface area contributed by atoms with E-state index in [-0.39, 0.29) is 16.6 Å². The predicted molar refractivity (Wildman–Crippen MR) is 107 cm³/mol.